The van der Waals surface area contributed by atoms with Gasteiger partial charge in [-0.2, -0.15) is 0 Å². The minimum Gasteiger partial charge on any atom is -0.490 e. The third-order valence-corrected chi connectivity index (χ3v) is 2.13. The Morgan fingerprint density at radius 3 is 2.50 bits per heavy atom. The number of hydrogen-bond acceptors (Lipinski definition) is 4. The van der Waals surface area contributed by atoms with Crippen molar-refractivity contribution in [2.24, 2.45) is 11.7 Å². The first kappa shape index (κ1) is 12.9. The molecule has 2 N–H and O–H groups in total. The molecule has 0 aliphatic rings. The first-order valence-electron chi connectivity index (χ1n) is 5.73. The molecule has 16 heavy (non-hydrogen) atoms. The highest BCUT2D eigenvalue weighted by Crippen LogP contribution is 2.18. The fourth-order valence-corrected chi connectivity index (χ4v) is 1.22. The molecule has 1 aromatic heterocycles. The normalized spacial score (nSPS) is 11.2. The maximum atomic E-state index is 5.66. The Kier molecular flexibility index (Phi) is 4.68. The molecular formula is C12H21N3O. The standard InChI is InChI=1S/C12H21N3O/c1-8(2)7-16-11-6-14-12(9(3)4)15-10(11)5-13/h6,8-9H,5,7,13H2,1-4H3. The lowest BCUT2D eigenvalue weighted by Crippen LogP contribution is -2.11. The summed E-state index contributed by atoms with van der Waals surface area (Å²) < 4.78 is 5.62. The highest BCUT2D eigenvalue weighted by Gasteiger charge is 2.09. The number of nitrogens with zero attached hydrogens (tertiary/aromatic N) is 2. The van der Waals surface area contributed by atoms with Crippen LogP contribution in [0.15, 0.2) is 6.20 Å². The average Bonchev–Trinajstić information content (AvgIpc) is 2.25. The molecule has 0 aliphatic heterocycles. The first-order chi connectivity index (χ1) is 7.54. The van der Waals surface area contributed by atoms with Crippen LogP contribution >= 0.6 is 0 Å². The summed E-state index contributed by atoms with van der Waals surface area (Å²) in [5.41, 5.74) is 6.45. The molecule has 0 saturated carbocycles. The van der Waals surface area contributed by atoms with Crippen molar-refractivity contribution in [3.05, 3.63) is 17.7 Å². The predicted octanol–water partition coefficient (Wildman–Crippen LogP) is 2.09. The van der Waals surface area contributed by atoms with Crippen molar-refractivity contribution in [1.29, 1.82) is 0 Å². The zero-order valence-corrected chi connectivity index (χ0v) is 10.5. The van der Waals surface area contributed by atoms with Gasteiger partial charge in [-0.1, -0.05) is 27.7 Å². The van der Waals surface area contributed by atoms with E-state index in [-0.39, 0.29) is 0 Å². The molecule has 1 heterocycles. The lowest BCUT2D eigenvalue weighted by atomic mass is 10.2. The predicted molar refractivity (Wildman–Crippen MR) is 64.3 cm³/mol. The molecule has 0 fully saturated rings. The fourth-order valence-electron chi connectivity index (χ4n) is 1.22. The van der Waals surface area contributed by atoms with E-state index in [0.29, 0.717) is 30.7 Å². The first-order valence-corrected chi connectivity index (χ1v) is 5.73. The third kappa shape index (κ3) is 3.45. The van der Waals surface area contributed by atoms with Crippen molar-refractivity contribution in [3.63, 3.8) is 0 Å². The molecule has 90 valence electrons. The van der Waals surface area contributed by atoms with E-state index >= 15 is 0 Å². The Morgan fingerprint density at radius 1 is 1.31 bits per heavy atom. The van der Waals surface area contributed by atoms with Gasteiger partial charge in [0.1, 0.15) is 5.82 Å². The molecule has 0 saturated heterocycles. The van der Waals surface area contributed by atoms with Crippen LogP contribution in [0.3, 0.4) is 0 Å². The van der Waals surface area contributed by atoms with Crippen molar-refractivity contribution in [2.75, 3.05) is 6.61 Å². The summed E-state index contributed by atoms with van der Waals surface area (Å²) in [6.07, 6.45) is 1.73. The van der Waals surface area contributed by atoms with E-state index in [1.165, 1.54) is 0 Å². The highest BCUT2D eigenvalue weighted by molar-refractivity contribution is 5.25. The summed E-state index contributed by atoms with van der Waals surface area (Å²) in [6.45, 7) is 9.37. The minimum atomic E-state index is 0.310. The molecule has 1 aromatic rings. The van der Waals surface area contributed by atoms with Gasteiger partial charge < -0.3 is 10.5 Å². The Bertz CT molecular complexity index is 337. The Labute approximate surface area is 97.2 Å². The summed E-state index contributed by atoms with van der Waals surface area (Å²) in [5, 5.41) is 0. The zero-order valence-electron chi connectivity index (χ0n) is 10.5. The molecule has 0 aromatic carbocycles. The SMILES string of the molecule is CC(C)COc1cnc(C(C)C)nc1CN. The van der Waals surface area contributed by atoms with Crippen molar-refractivity contribution in [1.82, 2.24) is 9.97 Å². The van der Waals surface area contributed by atoms with E-state index in [9.17, 15) is 0 Å². The Balaban J connectivity index is 2.84. The third-order valence-electron chi connectivity index (χ3n) is 2.13. The van der Waals surface area contributed by atoms with Gasteiger partial charge in [0.2, 0.25) is 0 Å². The monoisotopic (exact) mass is 223 g/mol. The molecule has 4 nitrogen and oxygen atoms in total. The summed E-state index contributed by atoms with van der Waals surface area (Å²) in [7, 11) is 0. The highest BCUT2D eigenvalue weighted by atomic mass is 16.5. The second-order valence-electron chi connectivity index (χ2n) is 4.60. The van der Waals surface area contributed by atoms with E-state index < -0.39 is 0 Å². The van der Waals surface area contributed by atoms with Gasteiger partial charge >= 0.3 is 0 Å². The molecule has 0 aliphatic carbocycles. The molecule has 0 radical (unpaired) electrons. The Hall–Kier alpha value is -1.16. The van der Waals surface area contributed by atoms with Crippen LogP contribution in [0.1, 0.15) is 45.1 Å². The number of rotatable bonds is 5. The average molecular weight is 223 g/mol. The molecule has 4 heteroatoms. The molecule has 1 rings (SSSR count). The van der Waals surface area contributed by atoms with Crippen LogP contribution in [0.5, 0.6) is 5.75 Å². The van der Waals surface area contributed by atoms with Crippen LogP contribution in [0, 0.1) is 5.92 Å². The van der Waals surface area contributed by atoms with Gasteiger partial charge in [-0.3, -0.25) is 0 Å². The lowest BCUT2D eigenvalue weighted by molar-refractivity contribution is 0.266. The number of hydrogen-bond donors (Lipinski definition) is 1. The van der Waals surface area contributed by atoms with E-state index in [2.05, 4.69) is 37.7 Å². The van der Waals surface area contributed by atoms with E-state index in [1.807, 2.05) is 0 Å². The quantitative estimate of drug-likeness (QED) is 0.830. The van der Waals surface area contributed by atoms with E-state index in [4.69, 9.17) is 10.5 Å². The smallest absolute Gasteiger partial charge is 0.160 e. The minimum absolute atomic E-state index is 0.310. The summed E-state index contributed by atoms with van der Waals surface area (Å²) >= 11 is 0. The van der Waals surface area contributed by atoms with Crippen LogP contribution in [-0.2, 0) is 6.54 Å². The zero-order chi connectivity index (χ0) is 12.1. The fraction of sp³-hybridized carbons (Fsp3) is 0.667. The molecular weight excluding hydrogens is 202 g/mol. The van der Waals surface area contributed by atoms with Gasteiger partial charge in [0.05, 0.1) is 18.5 Å². The molecule has 0 amide bonds. The summed E-state index contributed by atoms with van der Waals surface area (Å²) in [4.78, 5) is 8.68. The van der Waals surface area contributed by atoms with Gasteiger partial charge in [-0.05, 0) is 5.92 Å². The van der Waals surface area contributed by atoms with Crippen LogP contribution < -0.4 is 10.5 Å². The van der Waals surface area contributed by atoms with Crippen LogP contribution in [-0.4, -0.2) is 16.6 Å². The van der Waals surface area contributed by atoms with Crippen LogP contribution in [0.4, 0.5) is 0 Å². The van der Waals surface area contributed by atoms with E-state index in [0.717, 1.165) is 11.5 Å². The summed E-state index contributed by atoms with van der Waals surface area (Å²) in [6, 6.07) is 0. The Morgan fingerprint density at radius 2 is 2.00 bits per heavy atom. The van der Waals surface area contributed by atoms with Crippen LogP contribution in [0.25, 0.3) is 0 Å². The second-order valence-corrected chi connectivity index (χ2v) is 4.60. The number of aromatic nitrogens is 2. The molecule has 0 spiro atoms. The molecule has 0 atom stereocenters. The maximum Gasteiger partial charge on any atom is 0.160 e. The van der Waals surface area contributed by atoms with Crippen molar-refractivity contribution in [2.45, 2.75) is 40.2 Å². The second kappa shape index (κ2) is 5.80. The molecule has 0 bridgehead atoms. The lowest BCUT2D eigenvalue weighted by Gasteiger charge is -2.13. The molecule has 0 unspecified atom stereocenters. The number of ether oxygens (including phenoxy) is 1. The van der Waals surface area contributed by atoms with Gasteiger partial charge in [-0.15, -0.1) is 0 Å². The summed E-state index contributed by atoms with van der Waals surface area (Å²) in [5.74, 6) is 2.32. The van der Waals surface area contributed by atoms with Crippen molar-refractivity contribution >= 4 is 0 Å². The van der Waals surface area contributed by atoms with Gasteiger partial charge in [-0.25, -0.2) is 9.97 Å². The van der Waals surface area contributed by atoms with Crippen molar-refractivity contribution in [3.8, 4) is 5.75 Å². The van der Waals surface area contributed by atoms with Gasteiger partial charge in [0.25, 0.3) is 0 Å². The van der Waals surface area contributed by atoms with Crippen molar-refractivity contribution < 1.29 is 4.74 Å². The largest absolute Gasteiger partial charge is 0.490 e. The van der Waals surface area contributed by atoms with Gasteiger partial charge in [0.15, 0.2) is 5.75 Å². The number of nitrogens with two attached hydrogens (primary N) is 1. The van der Waals surface area contributed by atoms with Crippen LogP contribution in [0.2, 0.25) is 0 Å². The maximum absolute atomic E-state index is 5.66. The van der Waals surface area contributed by atoms with Gasteiger partial charge in [0, 0.05) is 12.5 Å². The van der Waals surface area contributed by atoms with E-state index in [1.54, 1.807) is 6.20 Å². The topological polar surface area (TPSA) is 61.0 Å².